The van der Waals surface area contributed by atoms with Crippen molar-refractivity contribution >= 4 is 40.2 Å². The zero-order chi connectivity index (χ0) is 23.1. The van der Waals surface area contributed by atoms with Crippen LogP contribution < -0.4 is 5.32 Å². The van der Waals surface area contributed by atoms with Gasteiger partial charge in [-0.3, -0.25) is 14.4 Å². The van der Waals surface area contributed by atoms with Crippen LogP contribution in [0.25, 0.3) is 10.9 Å². The summed E-state index contributed by atoms with van der Waals surface area (Å²) >= 11 is 0. The second-order valence-corrected chi connectivity index (χ2v) is 8.81. The average molecular weight is 444 g/mol. The molecule has 0 unspecified atom stereocenters. The van der Waals surface area contributed by atoms with Crippen molar-refractivity contribution in [1.29, 1.82) is 0 Å². The molecule has 1 spiro atoms. The highest BCUT2D eigenvalue weighted by Gasteiger charge is 2.67. The predicted octanol–water partition coefficient (Wildman–Crippen LogP) is 2.73. The van der Waals surface area contributed by atoms with Crippen molar-refractivity contribution in [2.24, 2.45) is 5.92 Å². The molecular weight excluding hydrogens is 424 g/mol. The molecule has 1 saturated heterocycles. The number of benzene rings is 1. The lowest BCUT2D eigenvalue weighted by atomic mass is 9.85. The third-order valence-electron chi connectivity index (χ3n) is 6.89. The lowest BCUT2D eigenvalue weighted by molar-refractivity contribution is -0.114. The van der Waals surface area contributed by atoms with E-state index in [0.29, 0.717) is 29.3 Å². The number of aromatic amines is 2. The Morgan fingerprint density at radius 1 is 1.15 bits per heavy atom. The van der Waals surface area contributed by atoms with Crippen molar-refractivity contribution in [3.05, 3.63) is 64.8 Å². The van der Waals surface area contributed by atoms with Crippen molar-refractivity contribution in [2.75, 3.05) is 19.0 Å². The van der Waals surface area contributed by atoms with Gasteiger partial charge in [-0.1, -0.05) is 0 Å². The maximum atomic E-state index is 13.5. The highest BCUT2D eigenvalue weighted by molar-refractivity contribution is 6.10. The fourth-order valence-corrected chi connectivity index (χ4v) is 5.38. The van der Waals surface area contributed by atoms with Crippen LogP contribution in [0, 0.1) is 5.92 Å². The number of aromatic nitrogens is 2. The van der Waals surface area contributed by atoms with Crippen LogP contribution in [0.15, 0.2) is 42.1 Å². The summed E-state index contributed by atoms with van der Waals surface area (Å²) < 4.78 is 4.79. The summed E-state index contributed by atoms with van der Waals surface area (Å²) in [7, 11) is 1.29. The number of hydrogen-bond acceptors (Lipinski definition) is 5. The Balaban J connectivity index is 1.34. The summed E-state index contributed by atoms with van der Waals surface area (Å²) in [6, 6.07) is 8.82. The van der Waals surface area contributed by atoms with E-state index < -0.39 is 11.4 Å². The number of carbonyl (C=O) groups excluding carboxylic acids is 4. The maximum absolute atomic E-state index is 13.5. The number of nitrogens with zero attached hydrogens (tertiary/aromatic N) is 1. The third kappa shape index (κ3) is 2.65. The van der Waals surface area contributed by atoms with Crippen LogP contribution in [0.2, 0.25) is 0 Å². The van der Waals surface area contributed by atoms with Gasteiger partial charge in [0.2, 0.25) is 11.7 Å². The molecule has 1 aliphatic heterocycles. The number of amides is 2. The van der Waals surface area contributed by atoms with Gasteiger partial charge in [0.15, 0.2) is 0 Å². The molecule has 2 atom stereocenters. The molecule has 33 heavy (non-hydrogen) atoms. The van der Waals surface area contributed by atoms with Crippen molar-refractivity contribution < 1.29 is 23.9 Å². The van der Waals surface area contributed by atoms with Crippen LogP contribution in [0.5, 0.6) is 0 Å². The standard InChI is InChI=1S/C24H20N4O5/c1-11(29)25-14-3-4-16-12(5-14)6-17(26-16)22(31)28-10-13-9-24(13)15-7-18(23(32)33-2)27-21(15)19(30)8-20(24)28/h3-8,13,26-27H,9-10H2,1-2H3,(H,25,29)/t13-,24-/m1/s1. The number of nitrogens with one attached hydrogen (secondary N) is 3. The van der Waals surface area contributed by atoms with Crippen LogP contribution in [-0.2, 0) is 14.9 Å². The highest BCUT2D eigenvalue weighted by atomic mass is 16.5. The van der Waals surface area contributed by atoms with Crippen LogP contribution in [-0.4, -0.2) is 52.1 Å². The minimum Gasteiger partial charge on any atom is -0.464 e. The molecule has 3 heterocycles. The van der Waals surface area contributed by atoms with E-state index in [4.69, 9.17) is 4.74 Å². The summed E-state index contributed by atoms with van der Waals surface area (Å²) in [5.74, 6) is -0.990. The number of H-pyrrole nitrogens is 2. The van der Waals surface area contributed by atoms with Crippen molar-refractivity contribution in [1.82, 2.24) is 14.9 Å². The van der Waals surface area contributed by atoms with E-state index in [0.717, 1.165) is 22.9 Å². The van der Waals surface area contributed by atoms with E-state index >= 15 is 0 Å². The van der Waals surface area contributed by atoms with Gasteiger partial charge < -0.3 is 24.9 Å². The molecule has 3 aromatic rings. The molecule has 166 valence electrons. The van der Waals surface area contributed by atoms with E-state index in [1.165, 1.54) is 20.1 Å². The fraction of sp³-hybridized carbons (Fsp3) is 0.250. The molecular formula is C24H20N4O5. The number of anilines is 1. The smallest absolute Gasteiger partial charge is 0.354 e. The van der Waals surface area contributed by atoms with Gasteiger partial charge in [-0.15, -0.1) is 0 Å². The number of carbonyl (C=O) groups is 4. The lowest BCUT2D eigenvalue weighted by Crippen LogP contribution is -2.33. The summed E-state index contributed by atoms with van der Waals surface area (Å²) in [6.45, 7) is 1.94. The van der Waals surface area contributed by atoms with Gasteiger partial charge in [0.1, 0.15) is 11.4 Å². The van der Waals surface area contributed by atoms with Crippen LogP contribution >= 0.6 is 0 Å². The molecule has 2 fully saturated rings. The van der Waals surface area contributed by atoms with Gasteiger partial charge in [-0.05, 0) is 48.2 Å². The van der Waals surface area contributed by atoms with Gasteiger partial charge >= 0.3 is 5.97 Å². The Morgan fingerprint density at radius 3 is 2.73 bits per heavy atom. The normalized spacial score (nSPS) is 22.4. The van der Waals surface area contributed by atoms with E-state index in [-0.39, 0.29) is 29.2 Å². The number of likely N-dealkylation sites (tertiary alicyclic amines) is 1. The summed E-state index contributed by atoms with van der Waals surface area (Å²) in [6.07, 6.45) is 2.34. The fourth-order valence-electron chi connectivity index (χ4n) is 5.38. The maximum Gasteiger partial charge on any atom is 0.354 e. The van der Waals surface area contributed by atoms with Crippen LogP contribution in [0.1, 0.15) is 50.4 Å². The molecule has 0 radical (unpaired) electrons. The minimum atomic E-state index is -0.532. The minimum absolute atomic E-state index is 0.170. The third-order valence-corrected chi connectivity index (χ3v) is 6.89. The molecule has 1 saturated carbocycles. The van der Waals surface area contributed by atoms with Gasteiger partial charge in [0, 0.05) is 47.2 Å². The van der Waals surface area contributed by atoms with E-state index in [1.807, 2.05) is 6.07 Å². The van der Waals surface area contributed by atoms with Crippen molar-refractivity contribution in [3.8, 4) is 0 Å². The molecule has 2 amide bonds. The zero-order valence-electron chi connectivity index (χ0n) is 17.9. The average Bonchev–Trinajstić information content (AvgIpc) is 3.14. The van der Waals surface area contributed by atoms with Crippen LogP contribution in [0.3, 0.4) is 0 Å². The second kappa shape index (κ2) is 6.44. The number of piperidine rings is 1. The topological polar surface area (TPSA) is 124 Å². The Labute approximate surface area is 187 Å². The molecule has 9 nitrogen and oxygen atoms in total. The Bertz CT molecular complexity index is 1440. The first kappa shape index (κ1) is 19.5. The van der Waals surface area contributed by atoms with Crippen molar-refractivity contribution in [2.45, 2.75) is 18.8 Å². The Morgan fingerprint density at radius 2 is 1.97 bits per heavy atom. The van der Waals surface area contributed by atoms with Gasteiger partial charge in [-0.2, -0.15) is 0 Å². The number of ether oxygens (including phenoxy) is 1. The van der Waals surface area contributed by atoms with Gasteiger partial charge in [0.05, 0.1) is 12.8 Å². The quantitative estimate of drug-likeness (QED) is 0.536. The number of fused-ring (bicyclic) bond motifs is 2. The number of esters is 1. The monoisotopic (exact) mass is 444 g/mol. The first-order valence-corrected chi connectivity index (χ1v) is 10.6. The zero-order valence-corrected chi connectivity index (χ0v) is 17.9. The van der Waals surface area contributed by atoms with Crippen LogP contribution in [0.4, 0.5) is 5.69 Å². The molecule has 0 bridgehead atoms. The summed E-state index contributed by atoms with van der Waals surface area (Å²) in [5, 5.41) is 3.54. The SMILES string of the molecule is COC(=O)c1cc2c([nH]1)C(=O)C=C1N(C(=O)c3cc4cc(NC(C)=O)ccc4[nH]3)C[C@H]3C[C@]123. The number of allylic oxidation sites excluding steroid dienone is 2. The number of methoxy groups -OCH3 is 1. The molecule has 6 rings (SSSR count). The van der Waals surface area contributed by atoms with E-state index in [9.17, 15) is 19.2 Å². The Hall–Kier alpha value is -4.14. The first-order chi connectivity index (χ1) is 15.8. The summed E-state index contributed by atoms with van der Waals surface area (Å²) in [5.41, 5.74) is 3.49. The molecule has 2 aromatic heterocycles. The highest BCUT2D eigenvalue weighted by Crippen LogP contribution is 2.66. The number of hydrogen-bond donors (Lipinski definition) is 3. The second-order valence-electron chi connectivity index (χ2n) is 8.81. The Kier molecular flexibility index (Phi) is 3.81. The largest absolute Gasteiger partial charge is 0.464 e. The molecule has 9 heteroatoms. The summed E-state index contributed by atoms with van der Waals surface area (Å²) in [4.78, 5) is 57.4. The van der Waals surface area contributed by atoms with E-state index in [2.05, 4.69) is 15.3 Å². The molecule has 3 aliphatic rings. The number of ketones is 1. The number of rotatable bonds is 3. The molecule has 1 aromatic carbocycles. The van der Waals surface area contributed by atoms with Gasteiger partial charge in [-0.25, -0.2) is 4.79 Å². The van der Waals surface area contributed by atoms with Crippen molar-refractivity contribution in [3.63, 3.8) is 0 Å². The first-order valence-electron chi connectivity index (χ1n) is 10.6. The predicted molar refractivity (Wildman–Crippen MR) is 118 cm³/mol. The lowest BCUT2D eigenvalue weighted by Gasteiger charge is -2.27. The molecule has 2 aliphatic carbocycles. The molecule has 3 N–H and O–H groups in total. The van der Waals surface area contributed by atoms with Gasteiger partial charge in [0.25, 0.3) is 5.91 Å². The van der Waals surface area contributed by atoms with E-state index in [1.54, 1.807) is 29.2 Å².